The lowest BCUT2D eigenvalue weighted by Gasteiger charge is -2.22. The first-order chi connectivity index (χ1) is 6.79. The molecule has 1 amide bonds. The van der Waals surface area contributed by atoms with Crippen LogP contribution >= 0.6 is 0 Å². The summed E-state index contributed by atoms with van der Waals surface area (Å²) in [6.07, 6.45) is 2.34. The minimum Gasteiger partial charge on any atom is -0.335 e. The molecule has 14 heavy (non-hydrogen) atoms. The molecule has 1 aliphatic rings. The molecule has 1 aromatic rings. The lowest BCUT2D eigenvalue weighted by atomic mass is 10.2. The van der Waals surface area contributed by atoms with Crippen molar-refractivity contribution in [1.29, 1.82) is 0 Å². The van der Waals surface area contributed by atoms with E-state index in [1.54, 1.807) is 11.9 Å². The second-order valence-electron chi connectivity index (χ2n) is 3.40. The molecular formula is C8H13N5O. The molecule has 2 N–H and O–H groups in total. The van der Waals surface area contributed by atoms with E-state index in [0.717, 1.165) is 19.5 Å². The van der Waals surface area contributed by atoms with Crippen LogP contribution in [0.25, 0.3) is 0 Å². The molecule has 0 aliphatic carbocycles. The van der Waals surface area contributed by atoms with Gasteiger partial charge >= 0.3 is 0 Å². The highest BCUT2D eigenvalue weighted by Crippen LogP contribution is 2.08. The summed E-state index contributed by atoms with van der Waals surface area (Å²) in [6, 6.07) is 0.271. The third kappa shape index (κ3) is 1.60. The van der Waals surface area contributed by atoms with Crippen molar-refractivity contribution in [2.75, 3.05) is 20.1 Å². The van der Waals surface area contributed by atoms with Crippen LogP contribution in [0.4, 0.5) is 0 Å². The van der Waals surface area contributed by atoms with E-state index in [1.807, 2.05) is 0 Å². The maximum absolute atomic E-state index is 11.8. The number of nitrogens with one attached hydrogen (secondary N) is 2. The molecule has 6 heteroatoms. The summed E-state index contributed by atoms with van der Waals surface area (Å²) in [5.74, 6) is 0.204. The number of hydrogen-bond acceptors (Lipinski definition) is 4. The average molecular weight is 195 g/mol. The largest absolute Gasteiger partial charge is 0.335 e. The quantitative estimate of drug-likeness (QED) is 0.650. The molecule has 1 saturated heterocycles. The molecule has 2 rings (SSSR count). The number of likely N-dealkylation sites (N-methyl/N-ethyl adjacent to an activating group) is 1. The van der Waals surface area contributed by atoms with Gasteiger partial charge in [0.25, 0.3) is 5.91 Å². The first kappa shape index (κ1) is 9.14. The van der Waals surface area contributed by atoms with Crippen molar-refractivity contribution in [2.45, 2.75) is 12.5 Å². The van der Waals surface area contributed by atoms with E-state index in [4.69, 9.17) is 0 Å². The van der Waals surface area contributed by atoms with Gasteiger partial charge in [-0.1, -0.05) is 0 Å². The molecule has 0 aromatic carbocycles. The van der Waals surface area contributed by atoms with E-state index in [9.17, 15) is 4.79 Å². The first-order valence-electron chi connectivity index (χ1n) is 4.62. The maximum atomic E-state index is 11.8. The zero-order chi connectivity index (χ0) is 9.97. The molecule has 1 atom stereocenters. The van der Waals surface area contributed by atoms with Gasteiger partial charge in [0.1, 0.15) is 6.33 Å². The molecule has 76 valence electrons. The number of nitrogens with zero attached hydrogens (tertiary/aromatic N) is 3. The Morgan fingerprint density at radius 1 is 1.71 bits per heavy atom. The van der Waals surface area contributed by atoms with Gasteiger partial charge in [0.15, 0.2) is 0 Å². The summed E-state index contributed by atoms with van der Waals surface area (Å²) in [7, 11) is 1.79. The highest BCUT2D eigenvalue weighted by atomic mass is 16.2. The van der Waals surface area contributed by atoms with E-state index in [1.165, 1.54) is 6.33 Å². The first-order valence-corrected chi connectivity index (χ1v) is 4.62. The second-order valence-corrected chi connectivity index (χ2v) is 3.40. The molecule has 1 unspecified atom stereocenters. The smallest absolute Gasteiger partial charge is 0.291 e. The van der Waals surface area contributed by atoms with E-state index < -0.39 is 0 Å². The predicted octanol–water partition coefficient (Wildman–Crippen LogP) is -0.761. The van der Waals surface area contributed by atoms with Crippen molar-refractivity contribution >= 4 is 5.91 Å². The Bertz CT molecular complexity index is 304. The highest BCUT2D eigenvalue weighted by Gasteiger charge is 2.25. The van der Waals surface area contributed by atoms with Crippen LogP contribution in [0.2, 0.25) is 0 Å². The molecule has 0 radical (unpaired) electrons. The molecule has 1 fully saturated rings. The van der Waals surface area contributed by atoms with Gasteiger partial charge in [-0.3, -0.25) is 9.89 Å². The number of carbonyl (C=O) groups is 1. The van der Waals surface area contributed by atoms with Gasteiger partial charge in [0.2, 0.25) is 5.82 Å². The Morgan fingerprint density at radius 3 is 3.14 bits per heavy atom. The summed E-state index contributed by atoms with van der Waals surface area (Å²) in [5.41, 5.74) is 0. The maximum Gasteiger partial charge on any atom is 0.291 e. The molecule has 0 bridgehead atoms. The van der Waals surface area contributed by atoms with Gasteiger partial charge in [-0.05, 0) is 13.0 Å². The van der Waals surface area contributed by atoms with Gasteiger partial charge in [-0.15, -0.1) is 0 Å². The van der Waals surface area contributed by atoms with Crippen molar-refractivity contribution in [3.8, 4) is 0 Å². The average Bonchev–Trinajstić information content (AvgIpc) is 2.87. The number of hydrogen-bond donors (Lipinski definition) is 2. The van der Waals surface area contributed by atoms with Crippen LogP contribution in [-0.4, -0.2) is 52.2 Å². The van der Waals surface area contributed by atoms with Gasteiger partial charge in [0, 0.05) is 19.6 Å². The normalized spacial score (nSPS) is 21.1. The Morgan fingerprint density at radius 2 is 2.57 bits per heavy atom. The Labute approximate surface area is 81.7 Å². The molecule has 1 aliphatic heterocycles. The van der Waals surface area contributed by atoms with Gasteiger partial charge in [0.05, 0.1) is 0 Å². The van der Waals surface area contributed by atoms with E-state index >= 15 is 0 Å². The zero-order valence-electron chi connectivity index (χ0n) is 8.03. The second kappa shape index (κ2) is 3.75. The molecule has 2 heterocycles. The topological polar surface area (TPSA) is 73.9 Å². The minimum atomic E-state index is -0.101. The van der Waals surface area contributed by atoms with Crippen molar-refractivity contribution in [1.82, 2.24) is 25.4 Å². The third-order valence-electron chi connectivity index (χ3n) is 2.52. The fraction of sp³-hybridized carbons (Fsp3) is 0.625. The number of aromatic amines is 1. The SMILES string of the molecule is CN(C(=O)c1ncn[nH]1)C1CCNC1. The Balaban J connectivity index is 2.04. The van der Waals surface area contributed by atoms with E-state index in [0.29, 0.717) is 5.82 Å². The third-order valence-corrected chi connectivity index (χ3v) is 2.52. The van der Waals surface area contributed by atoms with E-state index in [2.05, 4.69) is 20.5 Å². The Hall–Kier alpha value is -1.43. The van der Waals surface area contributed by atoms with Gasteiger partial charge in [-0.2, -0.15) is 5.10 Å². The van der Waals surface area contributed by atoms with Crippen molar-refractivity contribution in [2.24, 2.45) is 0 Å². The molecule has 6 nitrogen and oxygen atoms in total. The fourth-order valence-electron chi connectivity index (χ4n) is 1.61. The van der Waals surface area contributed by atoms with Crippen LogP contribution in [-0.2, 0) is 0 Å². The van der Waals surface area contributed by atoms with Crippen LogP contribution in [0.15, 0.2) is 6.33 Å². The van der Waals surface area contributed by atoms with Crippen LogP contribution in [0.5, 0.6) is 0 Å². The number of H-pyrrole nitrogens is 1. The molecule has 1 aromatic heterocycles. The fourth-order valence-corrected chi connectivity index (χ4v) is 1.61. The van der Waals surface area contributed by atoms with Gasteiger partial charge in [-0.25, -0.2) is 4.98 Å². The summed E-state index contributed by atoms with van der Waals surface area (Å²) in [5, 5.41) is 9.43. The number of aromatic nitrogens is 3. The molecule has 0 spiro atoms. The van der Waals surface area contributed by atoms with Gasteiger partial charge < -0.3 is 10.2 Å². The summed E-state index contributed by atoms with van der Waals surface area (Å²) >= 11 is 0. The van der Waals surface area contributed by atoms with Crippen molar-refractivity contribution < 1.29 is 4.79 Å². The number of rotatable bonds is 2. The zero-order valence-corrected chi connectivity index (χ0v) is 8.03. The van der Waals surface area contributed by atoms with Crippen LogP contribution in [0.3, 0.4) is 0 Å². The number of carbonyl (C=O) groups excluding carboxylic acids is 1. The summed E-state index contributed by atoms with van der Waals surface area (Å²) in [4.78, 5) is 17.3. The Kier molecular flexibility index (Phi) is 2.45. The summed E-state index contributed by atoms with van der Waals surface area (Å²) < 4.78 is 0. The lowest BCUT2D eigenvalue weighted by Crippen LogP contribution is -2.38. The molecule has 0 saturated carbocycles. The van der Waals surface area contributed by atoms with Crippen LogP contribution < -0.4 is 5.32 Å². The standard InChI is InChI=1S/C8H13N5O/c1-13(6-2-3-9-4-6)8(14)7-10-5-11-12-7/h5-6,9H,2-4H2,1H3,(H,10,11,12). The minimum absolute atomic E-state index is 0.101. The highest BCUT2D eigenvalue weighted by molar-refractivity contribution is 5.90. The monoisotopic (exact) mass is 195 g/mol. The van der Waals surface area contributed by atoms with Crippen LogP contribution in [0, 0.1) is 0 Å². The number of amides is 1. The van der Waals surface area contributed by atoms with Crippen molar-refractivity contribution in [3.05, 3.63) is 12.2 Å². The predicted molar refractivity (Wildman–Crippen MR) is 49.8 cm³/mol. The van der Waals surface area contributed by atoms with Crippen molar-refractivity contribution in [3.63, 3.8) is 0 Å². The molecular weight excluding hydrogens is 182 g/mol. The van der Waals surface area contributed by atoms with E-state index in [-0.39, 0.29) is 11.9 Å². The lowest BCUT2D eigenvalue weighted by molar-refractivity contribution is 0.0732. The summed E-state index contributed by atoms with van der Waals surface area (Å²) in [6.45, 7) is 1.83. The van der Waals surface area contributed by atoms with Crippen LogP contribution in [0.1, 0.15) is 17.0 Å².